The number of methoxy groups -OCH3 is 1. The lowest BCUT2D eigenvalue weighted by molar-refractivity contribution is -0.156. The molecule has 0 radical (unpaired) electrons. The molecule has 0 bridgehead atoms. The minimum Gasteiger partial charge on any atom is -0.497 e. The number of amides is 1. The highest BCUT2D eigenvalue weighted by Gasteiger charge is 2.35. The topological polar surface area (TPSA) is 106 Å². The molecule has 33 heavy (non-hydrogen) atoms. The molecular formula is C23H34N2O7S. The summed E-state index contributed by atoms with van der Waals surface area (Å²) in [4.78, 5) is 14.0. The van der Waals surface area contributed by atoms with Crippen LogP contribution in [0.5, 0.6) is 5.75 Å². The highest BCUT2D eigenvalue weighted by molar-refractivity contribution is 7.89. The van der Waals surface area contributed by atoms with E-state index in [1.807, 2.05) is 6.08 Å². The van der Waals surface area contributed by atoms with Crippen LogP contribution < -0.4 is 4.74 Å². The first kappa shape index (κ1) is 25.5. The number of rotatable bonds is 11. The molecule has 1 saturated carbocycles. The molecule has 1 amide bonds. The zero-order valence-electron chi connectivity index (χ0n) is 19.5. The zero-order valence-corrected chi connectivity index (χ0v) is 20.3. The molecule has 9 nitrogen and oxygen atoms in total. The number of aliphatic hydroxyl groups excluding tert-OH is 1. The summed E-state index contributed by atoms with van der Waals surface area (Å²) in [7, 11) is 1.03. The van der Waals surface area contributed by atoms with Crippen LogP contribution in [0.1, 0.15) is 25.7 Å². The second-order valence-corrected chi connectivity index (χ2v) is 10.5. The third-order valence-electron chi connectivity index (χ3n) is 6.15. The van der Waals surface area contributed by atoms with Gasteiger partial charge in [-0.3, -0.25) is 4.79 Å². The Morgan fingerprint density at radius 1 is 1.18 bits per heavy atom. The monoisotopic (exact) mass is 482 g/mol. The predicted octanol–water partition coefficient (Wildman–Crippen LogP) is 1.83. The zero-order chi connectivity index (χ0) is 24.0. The van der Waals surface area contributed by atoms with Crippen LogP contribution in [0.2, 0.25) is 0 Å². The van der Waals surface area contributed by atoms with Crippen LogP contribution >= 0.6 is 0 Å². The van der Waals surface area contributed by atoms with E-state index in [9.17, 15) is 18.3 Å². The second kappa shape index (κ2) is 11.3. The summed E-state index contributed by atoms with van der Waals surface area (Å²) in [5, 5.41) is 9.41. The van der Waals surface area contributed by atoms with Gasteiger partial charge in [-0.05, 0) is 55.0 Å². The fourth-order valence-corrected chi connectivity index (χ4v) is 5.42. The van der Waals surface area contributed by atoms with Gasteiger partial charge in [0.15, 0.2) is 5.76 Å². The summed E-state index contributed by atoms with van der Waals surface area (Å²) in [5.41, 5.74) is 0. The van der Waals surface area contributed by atoms with Crippen LogP contribution in [-0.4, -0.2) is 82.4 Å². The number of hydrogen-bond acceptors (Lipinski definition) is 7. The predicted molar refractivity (Wildman–Crippen MR) is 122 cm³/mol. The molecule has 3 rings (SSSR count). The van der Waals surface area contributed by atoms with Crippen LogP contribution in [0, 0.1) is 11.8 Å². The van der Waals surface area contributed by atoms with Crippen molar-refractivity contribution in [1.82, 2.24) is 9.21 Å². The highest BCUT2D eigenvalue weighted by Crippen LogP contribution is 2.40. The van der Waals surface area contributed by atoms with Crippen molar-refractivity contribution in [2.45, 2.75) is 36.9 Å². The second-order valence-electron chi connectivity index (χ2n) is 8.54. The Morgan fingerprint density at radius 3 is 2.42 bits per heavy atom. The molecule has 1 aliphatic carbocycles. The maximum absolute atomic E-state index is 13.0. The van der Waals surface area contributed by atoms with Gasteiger partial charge >= 0.3 is 0 Å². The molecule has 1 fully saturated rings. The quantitative estimate of drug-likeness (QED) is 0.513. The molecule has 0 aromatic heterocycles. The van der Waals surface area contributed by atoms with E-state index in [1.54, 1.807) is 26.2 Å². The summed E-state index contributed by atoms with van der Waals surface area (Å²) in [6.45, 7) is -0.258. The molecule has 10 heteroatoms. The smallest absolute Gasteiger partial charge is 0.288 e. The largest absolute Gasteiger partial charge is 0.497 e. The van der Waals surface area contributed by atoms with E-state index in [1.165, 1.54) is 34.9 Å². The van der Waals surface area contributed by atoms with E-state index in [-0.39, 0.29) is 48.8 Å². The first-order chi connectivity index (χ1) is 15.8. The molecule has 184 valence electrons. The van der Waals surface area contributed by atoms with E-state index in [0.717, 1.165) is 12.8 Å². The lowest BCUT2D eigenvalue weighted by atomic mass is 9.73. The van der Waals surface area contributed by atoms with Crippen molar-refractivity contribution in [2.24, 2.45) is 11.8 Å². The van der Waals surface area contributed by atoms with Gasteiger partial charge in [-0.15, -0.1) is 0 Å². The average molecular weight is 483 g/mol. The molecule has 1 aromatic carbocycles. The number of likely N-dealkylation sites (N-methyl/N-ethyl adjacent to an activating group) is 1. The molecular weight excluding hydrogens is 448 g/mol. The fraction of sp³-hybridized carbons (Fsp3) is 0.609. The Hall–Kier alpha value is -2.14. The normalized spacial score (nSPS) is 21.2. The molecule has 0 spiro atoms. The van der Waals surface area contributed by atoms with Crippen LogP contribution in [0.3, 0.4) is 0 Å². The van der Waals surface area contributed by atoms with Crippen molar-refractivity contribution < 1.29 is 32.5 Å². The number of ether oxygens (including phenoxy) is 3. The van der Waals surface area contributed by atoms with Crippen LogP contribution in [0.15, 0.2) is 41.0 Å². The number of nitrogens with zero attached hydrogens (tertiary/aromatic N) is 2. The van der Waals surface area contributed by atoms with Gasteiger partial charge in [0.05, 0.1) is 25.2 Å². The number of carbonyl (C=O) groups is 1. The summed E-state index contributed by atoms with van der Waals surface area (Å²) < 4.78 is 44.0. The van der Waals surface area contributed by atoms with Crippen molar-refractivity contribution in [1.29, 1.82) is 0 Å². The van der Waals surface area contributed by atoms with Crippen molar-refractivity contribution in [2.75, 3.05) is 47.5 Å². The fourth-order valence-electron chi connectivity index (χ4n) is 4.00. The van der Waals surface area contributed by atoms with Gasteiger partial charge in [0.2, 0.25) is 16.3 Å². The third-order valence-corrected chi connectivity index (χ3v) is 8.06. The molecule has 2 atom stereocenters. The Morgan fingerprint density at radius 2 is 1.88 bits per heavy atom. The first-order valence-corrected chi connectivity index (χ1v) is 12.7. The Bertz CT molecular complexity index is 927. The Kier molecular flexibility index (Phi) is 8.75. The summed E-state index contributed by atoms with van der Waals surface area (Å²) in [6, 6.07) is 6.09. The molecule has 1 aromatic rings. The maximum atomic E-state index is 13.0. The number of carbonyl (C=O) groups excluding carboxylic acids is 1. The SMILES string of the molecule is COc1ccc(S(=O)(=O)N(CCO)CCO[C@@H]2C[C@H](C3CCC3)C=C(C(=O)N(C)C)O2)cc1. The van der Waals surface area contributed by atoms with Gasteiger partial charge in [-0.25, -0.2) is 8.42 Å². The Balaban J connectivity index is 1.64. The van der Waals surface area contributed by atoms with Gasteiger partial charge in [0.1, 0.15) is 5.75 Å². The van der Waals surface area contributed by atoms with E-state index >= 15 is 0 Å². The molecule has 0 saturated heterocycles. The molecule has 1 heterocycles. The standard InChI is InChI=1S/C23H34N2O7S/c1-24(2)23(27)21-15-18(17-5-4-6-17)16-22(32-21)31-14-12-25(11-13-26)33(28,29)20-9-7-19(30-3)8-10-20/h7-10,15,17-18,22,26H,4-6,11-14,16H2,1-3H3/t18-,22+/m1/s1. The number of hydrogen-bond donors (Lipinski definition) is 1. The average Bonchev–Trinajstić information content (AvgIpc) is 2.76. The lowest BCUT2D eigenvalue weighted by Gasteiger charge is -2.37. The van der Waals surface area contributed by atoms with Gasteiger partial charge in [0, 0.05) is 33.6 Å². The molecule has 1 N–H and O–H groups in total. The number of sulfonamides is 1. The van der Waals surface area contributed by atoms with E-state index in [0.29, 0.717) is 18.1 Å². The number of allylic oxidation sites excluding steroid dienone is 1. The van der Waals surface area contributed by atoms with E-state index < -0.39 is 16.3 Å². The van der Waals surface area contributed by atoms with Crippen LogP contribution in [0.25, 0.3) is 0 Å². The number of benzene rings is 1. The highest BCUT2D eigenvalue weighted by atomic mass is 32.2. The van der Waals surface area contributed by atoms with E-state index in [2.05, 4.69) is 0 Å². The number of aliphatic hydroxyl groups is 1. The molecule has 1 aliphatic heterocycles. The summed E-state index contributed by atoms with van der Waals surface area (Å²) in [5.74, 6) is 1.35. The van der Waals surface area contributed by atoms with Gasteiger partial charge in [-0.2, -0.15) is 4.31 Å². The van der Waals surface area contributed by atoms with Gasteiger partial charge in [-0.1, -0.05) is 6.42 Å². The van der Waals surface area contributed by atoms with Crippen molar-refractivity contribution >= 4 is 15.9 Å². The molecule has 0 unspecified atom stereocenters. The van der Waals surface area contributed by atoms with Crippen molar-refractivity contribution in [3.8, 4) is 5.75 Å². The lowest BCUT2D eigenvalue weighted by Crippen LogP contribution is -2.39. The molecule has 2 aliphatic rings. The van der Waals surface area contributed by atoms with Crippen molar-refractivity contribution in [3.05, 3.63) is 36.1 Å². The van der Waals surface area contributed by atoms with E-state index in [4.69, 9.17) is 14.2 Å². The van der Waals surface area contributed by atoms with Crippen LogP contribution in [-0.2, 0) is 24.3 Å². The van der Waals surface area contributed by atoms with Gasteiger partial charge in [0.25, 0.3) is 5.91 Å². The maximum Gasteiger partial charge on any atom is 0.288 e. The summed E-state index contributed by atoms with van der Waals surface area (Å²) in [6.07, 6.45) is 5.36. The minimum absolute atomic E-state index is 0.0452. The van der Waals surface area contributed by atoms with Crippen molar-refractivity contribution in [3.63, 3.8) is 0 Å². The minimum atomic E-state index is -3.82. The van der Waals surface area contributed by atoms with Gasteiger partial charge < -0.3 is 24.2 Å². The first-order valence-electron chi connectivity index (χ1n) is 11.2. The van der Waals surface area contributed by atoms with Crippen LogP contribution in [0.4, 0.5) is 0 Å². The summed E-state index contributed by atoms with van der Waals surface area (Å²) >= 11 is 0. The Labute approximate surface area is 196 Å². The third kappa shape index (κ3) is 6.26.